The molecular weight excluding hydrogens is 308 g/mol. The van der Waals surface area contributed by atoms with Crippen LogP contribution in [0.3, 0.4) is 0 Å². The monoisotopic (exact) mass is 340 g/mol. The molecule has 2 nitrogen and oxygen atoms in total. The Labute approximate surface area is 152 Å². The summed E-state index contributed by atoms with van der Waals surface area (Å²) in [5.41, 5.74) is 4.37. The highest BCUT2D eigenvalue weighted by Gasteiger charge is 2.43. The normalized spacial score (nSPS) is 25.9. The van der Waals surface area contributed by atoms with Crippen LogP contribution < -0.4 is 0 Å². The zero-order valence-corrected chi connectivity index (χ0v) is 16.1. The maximum atomic E-state index is 13.1. The van der Waals surface area contributed by atoms with Gasteiger partial charge in [-0.25, -0.2) is 0 Å². The second-order valence-electron chi connectivity index (χ2n) is 8.46. The third-order valence-corrected chi connectivity index (χ3v) is 6.33. The number of carbonyl (C=O) groups excluding carboxylic acids is 2. The van der Waals surface area contributed by atoms with Crippen molar-refractivity contribution in [2.45, 2.75) is 84.5 Å². The standard InChI is InChI=1S/C23H32O2/c1-15-11-16(2)21(17(3)12-15)22-20(24)14-19(23(22)25)13-18-9-7-5-4-6-8-10-18/h11-12,18-19,22H,4-10,13-14H2,1-3H3. The molecule has 3 rings (SSSR count). The maximum Gasteiger partial charge on any atom is 0.151 e. The Balaban J connectivity index is 1.76. The maximum absolute atomic E-state index is 13.1. The Hall–Kier alpha value is -1.44. The van der Waals surface area contributed by atoms with Gasteiger partial charge in [0.25, 0.3) is 0 Å². The summed E-state index contributed by atoms with van der Waals surface area (Å²) < 4.78 is 0. The number of ketones is 2. The van der Waals surface area contributed by atoms with Crippen LogP contribution in [0.5, 0.6) is 0 Å². The number of hydrogen-bond acceptors (Lipinski definition) is 2. The van der Waals surface area contributed by atoms with E-state index in [9.17, 15) is 9.59 Å². The van der Waals surface area contributed by atoms with Gasteiger partial charge < -0.3 is 0 Å². The molecule has 0 aliphatic heterocycles. The third-order valence-electron chi connectivity index (χ3n) is 6.33. The largest absolute Gasteiger partial charge is 0.298 e. The fraction of sp³-hybridized carbons (Fsp3) is 0.652. The molecule has 2 fully saturated rings. The molecule has 1 aromatic carbocycles. The van der Waals surface area contributed by atoms with Gasteiger partial charge in [-0.3, -0.25) is 9.59 Å². The first-order valence-electron chi connectivity index (χ1n) is 10.1. The lowest BCUT2D eigenvalue weighted by atomic mass is 9.82. The average molecular weight is 341 g/mol. The first kappa shape index (κ1) is 18.4. The predicted octanol–water partition coefficient (Wildman–Crippen LogP) is 5.60. The lowest BCUT2D eigenvalue weighted by Crippen LogP contribution is -2.19. The zero-order valence-electron chi connectivity index (χ0n) is 16.1. The molecule has 0 bridgehead atoms. The molecule has 2 heteroatoms. The van der Waals surface area contributed by atoms with Crippen LogP contribution in [0, 0.1) is 32.6 Å². The van der Waals surface area contributed by atoms with E-state index in [1.54, 1.807) is 0 Å². The molecule has 2 saturated carbocycles. The van der Waals surface area contributed by atoms with Crippen LogP contribution in [0.25, 0.3) is 0 Å². The van der Waals surface area contributed by atoms with E-state index < -0.39 is 5.92 Å². The molecule has 0 spiro atoms. The van der Waals surface area contributed by atoms with Crippen molar-refractivity contribution >= 4 is 11.6 Å². The summed E-state index contributed by atoms with van der Waals surface area (Å²) >= 11 is 0. The van der Waals surface area contributed by atoms with Crippen molar-refractivity contribution in [2.75, 3.05) is 0 Å². The molecule has 0 radical (unpaired) electrons. The molecule has 2 atom stereocenters. The van der Waals surface area contributed by atoms with E-state index in [0.717, 1.165) is 23.1 Å². The zero-order chi connectivity index (χ0) is 18.0. The van der Waals surface area contributed by atoms with Gasteiger partial charge in [-0.05, 0) is 49.8 Å². The molecule has 0 amide bonds. The van der Waals surface area contributed by atoms with Crippen LogP contribution in [-0.4, -0.2) is 11.6 Å². The van der Waals surface area contributed by atoms with Crippen molar-refractivity contribution in [2.24, 2.45) is 11.8 Å². The molecule has 2 aliphatic carbocycles. The Kier molecular flexibility index (Phi) is 5.76. The molecule has 2 unspecified atom stereocenters. The quantitative estimate of drug-likeness (QED) is 0.671. The number of aryl methyl sites for hydroxylation is 3. The average Bonchev–Trinajstić information content (AvgIpc) is 2.76. The highest BCUT2D eigenvalue weighted by molar-refractivity contribution is 6.14. The van der Waals surface area contributed by atoms with Crippen molar-refractivity contribution in [3.63, 3.8) is 0 Å². The minimum absolute atomic E-state index is 0.0398. The number of Topliss-reactive ketones (excluding diaryl/α,β-unsaturated/α-hetero) is 2. The van der Waals surface area contributed by atoms with E-state index in [1.807, 2.05) is 13.8 Å². The van der Waals surface area contributed by atoms with Gasteiger partial charge in [0, 0.05) is 12.3 Å². The van der Waals surface area contributed by atoms with Crippen LogP contribution in [0.2, 0.25) is 0 Å². The number of rotatable bonds is 3. The van der Waals surface area contributed by atoms with E-state index in [4.69, 9.17) is 0 Å². The molecule has 0 saturated heterocycles. The summed E-state index contributed by atoms with van der Waals surface area (Å²) in [6.07, 6.45) is 10.5. The molecule has 25 heavy (non-hydrogen) atoms. The van der Waals surface area contributed by atoms with E-state index in [0.29, 0.717) is 12.3 Å². The van der Waals surface area contributed by atoms with Gasteiger partial charge in [0.1, 0.15) is 11.7 Å². The Morgan fingerprint density at radius 1 is 0.880 bits per heavy atom. The summed E-state index contributed by atoms with van der Waals surface area (Å²) in [6.45, 7) is 6.15. The third kappa shape index (κ3) is 4.04. The molecular formula is C23H32O2. The van der Waals surface area contributed by atoms with E-state index in [-0.39, 0.29) is 17.5 Å². The molecule has 2 aliphatic rings. The number of carbonyl (C=O) groups is 2. The van der Waals surface area contributed by atoms with Gasteiger partial charge in [0.15, 0.2) is 5.78 Å². The second kappa shape index (κ2) is 7.85. The Morgan fingerprint density at radius 2 is 1.44 bits per heavy atom. The fourth-order valence-electron chi connectivity index (χ4n) is 5.18. The molecule has 0 N–H and O–H groups in total. The first-order chi connectivity index (χ1) is 12.0. The topological polar surface area (TPSA) is 34.1 Å². The summed E-state index contributed by atoms with van der Waals surface area (Å²) in [5.74, 6) is 0.445. The summed E-state index contributed by atoms with van der Waals surface area (Å²) in [4.78, 5) is 25.8. The SMILES string of the molecule is Cc1cc(C)c(C2C(=O)CC(CC3CCCCCCC3)C2=O)c(C)c1. The molecule has 136 valence electrons. The van der Waals surface area contributed by atoms with Crippen molar-refractivity contribution < 1.29 is 9.59 Å². The van der Waals surface area contributed by atoms with Crippen molar-refractivity contribution in [1.82, 2.24) is 0 Å². The smallest absolute Gasteiger partial charge is 0.151 e. The Morgan fingerprint density at radius 3 is 2.04 bits per heavy atom. The van der Waals surface area contributed by atoms with Crippen LogP contribution in [0.1, 0.15) is 86.0 Å². The lowest BCUT2D eigenvalue weighted by molar-refractivity contribution is -0.125. The van der Waals surface area contributed by atoms with Crippen molar-refractivity contribution in [3.8, 4) is 0 Å². The molecule has 1 aromatic rings. The van der Waals surface area contributed by atoms with Crippen LogP contribution in [0.4, 0.5) is 0 Å². The van der Waals surface area contributed by atoms with Crippen molar-refractivity contribution in [1.29, 1.82) is 0 Å². The Bertz CT molecular complexity index is 627. The van der Waals surface area contributed by atoms with E-state index in [1.165, 1.54) is 50.5 Å². The minimum atomic E-state index is -0.501. The lowest BCUT2D eigenvalue weighted by Gasteiger charge is -2.22. The number of hydrogen-bond donors (Lipinski definition) is 0. The van der Waals surface area contributed by atoms with E-state index in [2.05, 4.69) is 19.1 Å². The second-order valence-corrected chi connectivity index (χ2v) is 8.46. The molecule has 0 heterocycles. The van der Waals surface area contributed by atoms with Gasteiger partial charge in [-0.15, -0.1) is 0 Å². The van der Waals surface area contributed by atoms with Crippen molar-refractivity contribution in [3.05, 3.63) is 34.4 Å². The fourth-order valence-corrected chi connectivity index (χ4v) is 5.18. The highest BCUT2D eigenvalue weighted by Crippen LogP contribution is 2.40. The van der Waals surface area contributed by atoms with Gasteiger partial charge >= 0.3 is 0 Å². The first-order valence-corrected chi connectivity index (χ1v) is 10.1. The predicted molar refractivity (Wildman–Crippen MR) is 102 cm³/mol. The molecule has 0 aromatic heterocycles. The van der Waals surface area contributed by atoms with Gasteiger partial charge in [0.2, 0.25) is 0 Å². The summed E-state index contributed by atoms with van der Waals surface area (Å²) in [5, 5.41) is 0. The number of benzene rings is 1. The van der Waals surface area contributed by atoms with E-state index >= 15 is 0 Å². The van der Waals surface area contributed by atoms with Gasteiger partial charge in [-0.1, -0.05) is 62.6 Å². The minimum Gasteiger partial charge on any atom is -0.298 e. The van der Waals surface area contributed by atoms with Gasteiger partial charge in [-0.2, -0.15) is 0 Å². The highest BCUT2D eigenvalue weighted by atomic mass is 16.2. The van der Waals surface area contributed by atoms with Crippen LogP contribution in [0.15, 0.2) is 12.1 Å². The van der Waals surface area contributed by atoms with Crippen LogP contribution >= 0.6 is 0 Å². The van der Waals surface area contributed by atoms with Gasteiger partial charge in [0.05, 0.1) is 0 Å². The summed E-state index contributed by atoms with van der Waals surface area (Å²) in [7, 11) is 0. The van der Waals surface area contributed by atoms with Crippen LogP contribution in [-0.2, 0) is 9.59 Å². The summed E-state index contributed by atoms with van der Waals surface area (Å²) in [6, 6.07) is 4.20.